The predicted octanol–water partition coefficient (Wildman–Crippen LogP) is 2.42. The van der Waals surface area contributed by atoms with Crippen LogP contribution in [0, 0.1) is 5.41 Å². The summed E-state index contributed by atoms with van der Waals surface area (Å²) in [6, 6.07) is 15.8. The molecule has 0 fully saturated rings. The third kappa shape index (κ3) is 4.49. The van der Waals surface area contributed by atoms with E-state index in [1.807, 2.05) is 48.5 Å². The molecular weight excluding hydrogens is 264 g/mol. The average molecular weight is 284 g/mol. The van der Waals surface area contributed by atoms with Crippen LogP contribution in [0.1, 0.15) is 12.1 Å². The van der Waals surface area contributed by atoms with Crippen molar-refractivity contribution in [2.75, 3.05) is 18.6 Å². The minimum absolute atomic E-state index is 0.189. The van der Waals surface area contributed by atoms with Crippen molar-refractivity contribution in [3.8, 4) is 5.88 Å². The lowest BCUT2D eigenvalue weighted by molar-refractivity contribution is 0.396. The van der Waals surface area contributed by atoms with E-state index in [9.17, 15) is 0 Å². The van der Waals surface area contributed by atoms with Crippen molar-refractivity contribution in [2.45, 2.75) is 13.0 Å². The van der Waals surface area contributed by atoms with E-state index in [4.69, 9.17) is 15.9 Å². The van der Waals surface area contributed by atoms with E-state index in [1.165, 1.54) is 0 Å². The first kappa shape index (κ1) is 14.8. The van der Waals surface area contributed by atoms with Crippen molar-refractivity contribution in [1.82, 2.24) is 4.98 Å². The van der Waals surface area contributed by atoms with Crippen LogP contribution >= 0.6 is 0 Å². The molecule has 0 aliphatic rings. The zero-order valence-electron chi connectivity index (χ0n) is 12.1. The maximum atomic E-state index is 7.41. The highest BCUT2D eigenvalue weighted by atomic mass is 16.5. The van der Waals surface area contributed by atoms with Crippen molar-refractivity contribution >= 4 is 11.5 Å². The molecular formula is C16H20N4O. The highest BCUT2D eigenvalue weighted by Gasteiger charge is 2.09. The molecule has 110 valence electrons. The van der Waals surface area contributed by atoms with Crippen LogP contribution in [0.15, 0.2) is 48.5 Å². The number of aromatic nitrogens is 1. The second kappa shape index (κ2) is 7.28. The fraction of sp³-hybridized carbons (Fsp3) is 0.250. The highest BCUT2D eigenvalue weighted by Crippen LogP contribution is 2.17. The van der Waals surface area contributed by atoms with Gasteiger partial charge in [-0.2, -0.15) is 0 Å². The van der Waals surface area contributed by atoms with E-state index in [2.05, 4.69) is 9.88 Å². The second-order valence-corrected chi connectivity index (χ2v) is 4.70. The van der Waals surface area contributed by atoms with Gasteiger partial charge < -0.3 is 15.4 Å². The summed E-state index contributed by atoms with van der Waals surface area (Å²) in [4.78, 5) is 6.59. The molecule has 5 nitrogen and oxygen atoms in total. The van der Waals surface area contributed by atoms with Gasteiger partial charge in [0.05, 0.1) is 25.2 Å². The zero-order chi connectivity index (χ0) is 15.1. The minimum atomic E-state index is 0.189. The molecule has 0 spiro atoms. The Balaban J connectivity index is 2.16. The summed E-state index contributed by atoms with van der Waals surface area (Å²) in [6.07, 6.45) is 0.527. The first-order chi connectivity index (χ1) is 10.2. The number of benzene rings is 1. The molecule has 1 aromatic heterocycles. The lowest BCUT2D eigenvalue weighted by Gasteiger charge is -2.24. The number of nitrogens with two attached hydrogens (primary N) is 1. The molecule has 0 radical (unpaired) electrons. The Kier molecular flexibility index (Phi) is 5.15. The van der Waals surface area contributed by atoms with Crippen molar-refractivity contribution in [3.63, 3.8) is 0 Å². The lowest BCUT2D eigenvalue weighted by Crippen LogP contribution is -2.27. The fourth-order valence-electron chi connectivity index (χ4n) is 2.05. The summed E-state index contributed by atoms with van der Waals surface area (Å²) in [5.74, 6) is 0.793. The SMILES string of the molecule is COc1cccc(CN(CCC(=N)N)c2ccccc2)n1. The number of nitrogens with zero attached hydrogens (tertiary/aromatic N) is 2. The predicted molar refractivity (Wildman–Crippen MR) is 84.8 cm³/mol. The number of para-hydroxylation sites is 1. The molecule has 0 unspecified atom stereocenters. The summed E-state index contributed by atoms with van der Waals surface area (Å²) < 4.78 is 5.16. The van der Waals surface area contributed by atoms with E-state index >= 15 is 0 Å². The molecule has 2 aromatic rings. The zero-order valence-corrected chi connectivity index (χ0v) is 12.1. The molecule has 21 heavy (non-hydrogen) atoms. The largest absolute Gasteiger partial charge is 0.481 e. The Morgan fingerprint density at radius 3 is 2.62 bits per heavy atom. The van der Waals surface area contributed by atoms with Crippen LogP contribution in [-0.4, -0.2) is 24.5 Å². The number of amidine groups is 1. The molecule has 0 bridgehead atoms. The Hall–Kier alpha value is -2.56. The van der Waals surface area contributed by atoms with E-state index < -0.39 is 0 Å². The van der Waals surface area contributed by atoms with E-state index in [0.717, 1.165) is 11.4 Å². The molecule has 0 saturated heterocycles. The van der Waals surface area contributed by atoms with Crippen LogP contribution in [0.2, 0.25) is 0 Å². The Morgan fingerprint density at radius 1 is 1.19 bits per heavy atom. The standard InChI is InChI=1S/C16H20N4O/c1-21-16-9-5-6-13(19-16)12-20(11-10-15(17)18)14-7-3-2-4-8-14/h2-9H,10-12H2,1H3,(H3,17,18). The van der Waals surface area contributed by atoms with Crippen LogP contribution in [-0.2, 0) is 6.54 Å². The molecule has 2 rings (SSSR count). The first-order valence-electron chi connectivity index (χ1n) is 6.82. The van der Waals surface area contributed by atoms with Gasteiger partial charge >= 0.3 is 0 Å². The van der Waals surface area contributed by atoms with E-state index in [-0.39, 0.29) is 5.84 Å². The van der Waals surface area contributed by atoms with Gasteiger partial charge in [0.1, 0.15) is 0 Å². The van der Waals surface area contributed by atoms with Gasteiger partial charge in [-0.05, 0) is 18.2 Å². The van der Waals surface area contributed by atoms with Crippen LogP contribution in [0.25, 0.3) is 0 Å². The summed E-state index contributed by atoms with van der Waals surface area (Å²) in [7, 11) is 1.61. The minimum Gasteiger partial charge on any atom is -0.481 e. The van der Waals surface area contributed by atoms with Crippen molar-refractivity contribution < 1.29 is 4.74 Å². The second-order valence-electron chi connectivity index (χ2n) is 4.70. The normalized spacial score (nSPS) is 10.1. The quantitative estimate of drug-likeness (QED) is 0.605. The number of pyridine rings is 1. The molecule has 0 aliphatic carbocycles. The number of anilines is 1. The topological polar surface area (TPSA) is 75.2 Å². The van der Waals surface area contributed by atoms with Gasteiger partial charge in [0.15, 0.2) is 0 Å². The molecule has 1 heterocycles. The molecule has 1 aromatic carbocycles. The van der Waals surface area contributed by atoms with Gasteiger partial charge in [-0.3, -0.25) is 5.41 Å². The van der Waals surface area contributed by atoms with Crippen molar-refractivity contribution in [2.24, 2.45) is 5.73 Å². The lowest BCUT2D eigenvalue weighted by atomic mass is 10.2. The van der Waals surface area contributed by atoms with Crippen molar-refractivity contribution in [3.05, 3.63) is 54.2 Å². The van der Waals surface area contributed by atoms with Crippen LogP contribution in [0.3, 0.4) is 0 Å². The molecule has 5 heteroatoms. The number of nitrogens with one attached hydrogen (secondary N) is 1. The van der Waals surface area contributed by atoms with Gasteiger partial charge in [-0.1, -0.05) is 24.3 Å². The van der Waals surface area contributed by atoms with Gasteiger partial charge in [-0.15, -0.1) is 0 Å². The molecule has 3 N–H and O–H groups in total. The number of ether oxygens (including phenoxy) is 1. The van der Waals surface area contributed by atoms with Gasteiger partial charge in [-0.25, -0.2) is 4.98 Å². The third-order valence-electron chi connectivity index (χ3n) is 3.12. The van der Waals surface area contributed by atoms with E-state index in [1.54, 1.807) is 7.11 Å². The Bertz CT molecular complexity index is 586. The first-order valence-corrected chi connectivity index (χ1v) is 6.82. The summed E-state index contributed by atoms with van der Waals surface area (Å²) in [5, 5.41) is 7.41. The summed E-state index contributed by atoms with van der Waals surface area (Å²) in [5.41, 5.74) is 7.48. The summed E-state index contributed by atoms with van der Waals surface area (Å²) >= 11 is 0. The maximum absolute atomic E-state index is 7.41. The number of hydrogen-bond acceptors (Lipinski definition) is 4. The van der Waals surface area contributed by atoms with Crippen LogP contribution in [0.4, 0.5) is 5.69 Å². The summed E-state index contributed by atoms with van der Waals surface area (Å²) in [6.45, 7) is 1.33. The molecule has 0 aliphatic heterocycles. The smallest absolute Gasteiger partial charge is 0.213 e. The third-order valence-corrected chi connectivity index (χ3v) is 3.12. The average Bonchev–Trinajstić information content (AvgIpc) is 2.52. The molecule has 0 saturated carbocycles. The van der Waals surface area contributed by atoms with Crippen LogP contribution in [0.5, 0.6) is 5.88 Å². The number of hydrogen-bond donors (Lipinski definition) is 2. The van der Waals surface area contributed by atoms with Gasteiger partial charge in [0.25, 0.3) is 0 Å². The number of methoxy groups -OCH3 is 1. The van der Waals surface area contributed by atoms with Gasteiger partial charge in [0, 0.05) is 24.7 Å². The highest BCUT2D eigenvalue weighted by molar-refractivity contribution is 5.77. The Morgan fingerprint density at radius 2 is 1.95 bits per heavy atom. The van der Waals surface area contributed by atoms with Crippen LogP contribution < -0.4 is 15.4 Å². The van der Waals surface area contributed by atoms with Gasteiger partial charge in [0.2, 0.25) is 5.88 Å². The number of rotatable bonds is 7. The molecule has 0 atom stereocenters. The Labute approximate surface area is 124 Å². The maximum Gasteiger partial charge on any atom is 0.213 e. The fourth-order valence-corrected chi connectivity index (χ4v) is 2.05. The van der Waals surface area contributed by atoms with E-state index in [0.29, 0.717) is 25.4 Å². The monoisotopic (exact) mass is 284 g/mol. The van der Waals surface area contributed by atoms with Crippen molar-refractivity contribution in [1.29, 1.82) is 5.41 Å². The molecule has 0 amide bonds.